The molecule has 0 bridgehead atoms. The SMILES string of the molecule is CC(C)C(CC(CN(CC(O)CC(C)(C)N(CC(O)CC(C)(C)N)CC(O)CC(C)(C)N)CC(O)CC(C)(C)N(CC(O)CC(C)(C)N)CC(O)CC(C)(C)N)CC(C)(C)C)CN(CC(O)CC(C)(C)N(CC(O)CC(C)(C)N)CC(O)CC(C)(C)N)CC(O)CC(C)(C)N(CC(O)CC(C)(C)N)CC(O)CC(C)(C)N. The minimum absolute atomic E-state index is 0.0511. The average Bonchev–Trinajstić information content (AvgIpc) is 0.840. The Bertz CT molecular complexity index is 2270. The van der Waals surface area contributed by atoms with Gasteiger partial charge in [0.2, 0.25) is 0 Å². The summed E-state index contributed by atoms with van der Waals surface area (Å²) in [6.07, 6.45) is -6.34. The second-order valence-corrected chi connectivity index (χ2v) is 45.4. The van der Waals surface area contributed by atoms with Gasteiger partial charge in [0.15, 0.2) is 0 Å². The summed E-state index contributed by atoms with van der Waals surface area (Å²) in [5, 5.41) is 144. The highest BCUT2D eigenvalue weighted by atomic mass is 16.3. The third kappa shape index (κ3) is 54.0. The third-order valence-electron chi connectivity index (χ3n) is 21.3. The van der Waals surface area contributed by atoms with Gasteiger partial charge in [-0.1, -0.05) is 34.6 Å². The van der Waals surface area contributed by atoms with Crippen molar-refractivity contribution < 1.29 is 61.3 Å². The van der Waals surface area contributed by atoms with E-state index in [4.69, 9.17) is 45.9 Å². The zero-order valence-electron chi connectivity index (χ0n) is 76.6. The lowest BCUT2D eigenvalue weighted by Crippen LogP contribution is -2.55. The van der Waals surface area contributed by atoms with Gasteiger partial charge in [0, 0.05) is 158 Å². The Morgan fingerprint density at radius 1 is 0.207 bits per heavy atom. The van der Waals surface area contributed by atoms with Crippen molar-refractivity contribution in [1.29, 1.82) is 0 Å². The van der Waals surface area contributed by atoms with E-state index in [0.29, 0.717) is 19.5 Å². The van der Waals surface area contributed by atoms with E-state index in [1.165, 1.54) is 0 Å². The molecule has 26 nitrogen and oxygen atoms in total. The zero-order chi connectivity index (χ0) is 87.4. The highest BCUT2D eigenvalue weighted by Gasteiger charge is 2.42. The molecule has 0 aliphatic carbocycles. The molecule has 0 fully saturated rings. The molecule has 111 heavy (non-hydrogen) atoms. The Balaban J connectivity index is 8.67. The fourth-order valence-electron chi connectivity index (χ4n) is 17.2. The molecule has 28 N–H and O–H groups in total. The van der Waals surface area contributed by atoms with Crippen LogP contribution in [0.1, 0.15) is 291 Å². The molecule has 0 saturated carbocycles. The lowest BCUT2D eigenvalue weighted by Gasteiger charge is -2.45. The van der Waals surface area contributed by atoms with E-state index in [1.54, 1.807) is 0 Å². The van der Waals surface area contributed by atoms with Crippen LogP contribution in [0.3, 0.4) is 0 Å². The third-order valence-corrected chi connectivity index (χ3v) is 21.3. The first kappa shape index (κ1) is 110. The number of aliphatic hydroxyl groups excluding tert-OH is 12. The summed E-state index contributed by atoms with van der Waals surface area (Å²) >= 11 is 0. The summed E-state index contributed by atoms with van der Waals surface area (Å²) in [7, 11) is 0. The maximum absolute atomic E-state index is 12.8. The highest BCUT2D eigenvalue weighted by molar-refractivity contribution is 4.98. The summed E-state index contributed by atoms with van der Waals surface area (Å²) in [4.78, 5) is 12.4. The van der Waals surface area contributed by atoms with Gasteiger partial charge in [-0.2, -0.15) is 0 Å². The lowest BCUT2D eigenvalue weighted by molar-refractivity contribution is -0.0367. The van der Waals surface area contributed by atoms with Crippen LogP contribution >= 0.6 is 0 Å². The second-order valence-electron chi connectivity index (χ2n) is 45.4. The predicted molar refractivity (Wildman–Crippen MR) is 460 cm³/mol. The molecular weight excluding hydrogens is 1410 g/mol. The standard InChI is InChI=1S/C85H186N14O12/c1-58(2)60(45-95(48-71(110)42-84(26,27)98(54-65(104)36-78(14,15)90)55-66(105)37-79(16,17)91)49-72(111)43-85(28,29)99(56-67(106)38-80(18,19)92)57-68(107)39-81(20,21)93)30-59(31-73(3,4)5)44-94(46-69(108)40-82(22,23)96(50-61(100)32-74(6,7)86)51-62(101)33-75(8,9)87)47-70(109)41-83(24,25)97(52-63(102)34-76(10,11)88)53-64(103)35-77(12,13)89/h58-72,100-111H,30-57,86-93H2,1-29H3. The van der Waals surface area contributed by atoms with E-state index in [1.807, 2.05) is 186 Å². The molecule has 26 heteroatoms. The van der Waals surface area contributed by atoms with Crippen LogP contribution < -0.4 is 45.9 Å². The van der Waals surface area contributed by atoms with Crippen LogP contribution in [0.5, 0.6) is 0 Å². The average molecular weight is 1600 g/mol. The number of hydrogen-bond acceptors (Lipinski definition) is 26. The molecule has 0 spiro atoms. The van der Waals surface area contributed by atoms with Crippen LogP contribution in [0.15, 0.2) is 0 Å². The van der Waals surface area contributed by atoms with Gasteiger partial charge in [-0.25, -0.2) is 0 Å². The van der Waals surface area contributed by atoms with E-state index in [-0.39, 0.29) is 179 Å². The topological polar surface area (TPSA) is 470 Å². The number of nitrogens with two attached hydrogens (primary N) is 8. The summed E-state index contributed by atoms with van der Waals surface area (Å²) in [6.45, 7) is 59.5. The van der Waals surface area contributed by atoms with Crippen LogP contribution in [-0.4, -0.2) is 322 Å². The first-order valence-corrected chi connectivity index (χ1v) is 42.2. The number of aliphatic hydroxyl groups is 12. The van der Waals surface area contributed by atoms with Crippen molar-refractivity contribution in [3.63, 3.8) is 0 Å². The van der Waals surface area contributed by atoms with Gasteiger partial charge in [-0.15, -0.1) is 0 Å². The predicted octanol–water partition coefficient (Wildman–Crippen LogP) is 4.54. The minimum atomic E-state index is -0.997. The van der Waals surface area contributed by atoms with Crippen LogP contribution in [0.4, 0.5) is 0 Å². The smallest absolute Gasteiger partial charge is 0.0684 e. The molecule has 668 valence electrons. The molecule has 0 aromatic heterocycles. The number of hydrogen-bond donors (Lipinski definition) is 20. The fourth-order valence-corrected chi connectivity index (χ4v) is 17.2. The first-order valence-electron chi connectivity index (χ1n) is 42.2. The normalized spacial score (nSPS) is 18.5. The molecule has 0 aliphatic heterocycles. The second kappa shape index (κ2) is 45.0. The fraction of sp³-hybridized carbons (Fsp3) is 1.00. The molecule has 0 saturated heterocycles. The number of rotatable bonds is 60. The van der Waals surface area contributed by atoms with Gasteiger partial charge in [-0.3, -0.25) is 29.4 Å². The minimum Gasteiger partial charge on any atom is -0.392 e. The summed E-state index contributed by atoms with van der Waals surface area (Å²) in [5.41, 5.74) is 42.7. The summed E-state index contributed by atoms with van der Waals surface area (Å²) in [5.74, 6) is -0.0855. The van der Waals surface area contributed by atoms with Crippen molar-refractivity contribution >= 4 is 0 Å². The highest BCUT2D eigenvalue weighted by Crippen LogP contribution is 2.36. The Labute approximate surface area is 678 Å². The summed E-state index contributed by atoms with van der Waals surface area (Å²) < 4.78 is 0. The van der Waals surface area contributed by atoms with Gasteiger partial charge in [0.1, 0.15) is 0 Å². The van der Waals surface area contributed by atoms with E-state index >= 15 is 0 Å². The van der Waals surface area contributed by atoms with Crippen molar-refractivity contribution in [3.05, 3.63) is 0 Å². The van der Waals surface area contributed by atoms with E-state index in [2.05, 4.69) is 44.4 Å². The molecule has 0 amide bonds. The molecule has 0 rings (SSSR count). The Morgan fingerprint density at radius 3 is 0.505 bits per heavy atom. The van der Waals surface area contributed by atoms with Crippen molar-refractivity contribution in [1.82, 2.24) is 29.4 Å². The van der Waals surface area contributed by atoms with Crippen LogP contribution in [-0.2, 0) is 0 Å². The van der Waals surface area contributed by atoms with Gasteiger partial charge in [-0.05, 0) is 279 Å². The molecule has 14 unspecified atom stereocenters. The largest absolute Gasteiger partial charge is 0.392 e. The van der Waals surface area contributed by atoms with Crippen molar-refractivity contribution in [2.24, 2.45) is 69.0 Å². The van der Waals surface area contributed by atoms with Crippen LogP contribution in [0.2, 0.25) is 0 Å². The van der Waals surface area contributed by atoms with Crippen molar-refractivity contribution in [2.45, 2.75) is 430 Å². The molecular formula is C85H186N14O12. The Kier molecular flexibility index (Phi) is 44.6. The summed E-state index contributed by atoms with van der Waals surface area (Å²) in [6, 6.07) is 0. The monoisotopic (exact) mass is 1600 g/mol. The molecule has 0 radical (unpaired) electrons. The van der Waals surface area contributed by atoms with Gasteiger partial charge in [0.05, 0.1) is 73.2 Å². The van der Waals surface area contributed by atoms with Gasteiger partial charge >= 0.3 is 0 Å². The van der Waals surface area contributed by atoms with E-state index < -0.39 is 140 Å². The Morgan fingerprint density at radius 2 is 0.360 bits per heavy atom. The maximum Gasteiger partial charge on any atom is 0.0684 e. The van der Waals surface area contributed by atoms with Crippen molar-refractivity contribution in [2.75, 3.05) is 91.6 Å². The molecule has 0 aliphatic rings. The van der Waals surface area contributed by atoms with Crippen LogP contribution in [0.25, 0.3) is 0 Å². The van der Waals surface area contributed by atoms with Gasteiger partial charge < -0.3 is 107 Å². The Hall–Kier alpha value is -1.04. The zero-order valence-corrected chi connectivity index (χ0v) is 76.6. The maximum atomic E-state index is 12.8. The molecule has 14 atom stereocenters. The van der Waals surface area contributed by atoms with E-state index in [0.717, 1.165) is 6.42 Å². The van der Waals surface area contributed by atoms with E-state index in [9.17, 15) is 61.3 Å². The van der Waals surface area contributed by atoms with Crippen molar-refractivity contribution in [3.8, 4) is 0 Å². The molecule has 0 heterocycles. The lowest BCUT2D eigenvalue weighted by atomic mass is 9.77. The molecule has 0 aromatic rings. The number of β-amino-alcohol motifs (C(OH)–C–C–N with tert-alkyl or cyclic N) is 8. The van der Waals surface area contributed by atoms with Gasteiger partial charge in [0.25, 0.3) is 0 Å². The quantitative estimate of drug-likeness (QED) is 0.0397. The molecule has 0 aromatic carbocycles. The first-order chi connectivity index (χ1) is 49.2. The number of nitrogens with zero attached hydrogens (tertiary/aromatic N) is 6. The van der Waals surface area contributed by atoms with Crippen LogP contribution in [0, 0.1) is 23.2 Å².